The summed E-state index contributed by atoms with van der Waals surface area (Å²) in [6.07, 6.45) is 7.87. The van der Waals surface area contributed by atoms with E-state index in [1.54, 1.807) is 0 Å². The van der Waals surface area contributed by atoms with Gasteiger partial charge in [-0.2, -0.15) is 0 Å². The molecule has 3 rings (SSSR count). The van der Waals surface area contributed by atoms with Crippen molar-refractivity contribution in [2.45, 2.75) is 65.2 Å². The Morgan fingerprint density at radius 1 is 1.04 bits per heavy atom. The molecule has 4 nitrogen and oxygen atoms in total. The van der Waals surface area contributed by atoms with Crippen molar-refractivity contribution in [2.24, 2.45) is 17.3 Å². The van der Waals surface area contributed by atoms with Crippen LogP contribution in [0, 0.1) is 17.3 Å². The van der Waals surface area contributed by atoms with Gasteiger partial charge in [0.1, 0.15) is 0 Å². The normalized spacial score (nSPS) is 30.8. The first-order chi connectivity index (χ1) is 10.9. The molecule has 0 bridgehead atoms. The van der Waals surface area contributed by atoms with Crippen molar-refractivity contribution in [1.82, 2.24) is 4.90 Å². The maximum Gasteiger partial charge on any atom is 0.307 e. The van der Waals surface area contributed by atoms with Gasteiger partial charge < -0.3 is 10.0 Å². The predicted molar refractivity (Wildman–Crippen MR) is 88.9 cm³/mol. The number of piperidine rings is 1. The Labute approximate surface area is 138 Å². The minimum absolute atomic E-state index is 0.0898. The van der Waals surface area contributed by atoms with Crippen LogP contribution in [0.3, 0.4) is 0 Å². The molecule has 23 heavy (non-hydrogen) atoms. The fraction of sp³-hybridized carbons (Fsp3) is 0.789. The van der Waals surface area contributed by atoms with Crippen LogP contribution < -0.4 is 0 Å². The van der Waals surface area contributed by atoms with Gasteiger partial charge in [0.2, 0.25) is 5.91 Å². The summed E-state index contributed by atoms with van der Waals surface area (Å²) in [5, 5.41) is 9.72. The summed E-state index contributed by atoms with van der Waals surface area (Å²) in [5.74, 6) is -1.60. The molecule has 0 spiro atoms. The second-order valence-corrected chi connectivity index (χ2v) is 8.16. The molecule has 0 aromatic carbocycles. The standard InChI is InChI=1S/C19H29NO3/c1-19(2)8-6-7-13-11-14(15(18(22)23)12-16(13)19)17(21)20-9-4-3-5-10-20/h14-15H,3-12H2,1-2H3,(H,22,23)/t14-,15-/m0/s1. The van der Waals surface area contributed by atoms with Crippen LogP contribution in [-0.4, -0.2) is 35.0 Å². The topological polar surface area (TPSA) is 57.6 Å². The fourth-order valence-electron chi connectivity index (χ4n) is 4.81. The molecule has 1 amide bonds. The van der Waals surface area contributed by atoms with Crippen LogP contribution in [0.5, 0.6) is 0 Å². The van der Waals surface area contributed by atoms with E-state index in [4.69, 9.17) is 0 Å². The summed E-state index contributed by atoms with van der Waals surface area (Å²) in [4.78, 5) is 26.7. The number of amides is 1. The van der Waals surface area contributed by atoms with Gasteiger partial charge in [0.15, 0.2) is 0 Å². The van der Waals surface area contributed by atoms with Gasteiger partial charge in [0, 0.05) is 13.1 Å². The third-order valence-corrected chi connectivity index (χ3v) is 6.20. The van der Waals surface area contributed by atoms with Crippen LogP contribution in [0.4, 0.5) is 0 Å². The summed E-state index contributed by atoms with van der Waals surface area (Å²) in [6, 6.07) is 0. The fourth-order valence-corrected chi connectivity index (χ4v) is 4.81. The van der Waals surface area contributed by atoms with Gasteiger partial charge in [0.25, 0.3) is 0 Å². The molecule has 0 unspecified atom stereocenters. The third-order valence-electron chi connectivity index (χ3n) is 6.20. The molecule has 1 aliphatic heterocycles. The lowest BCUT2D eigenvalue weighted by Crippen LogP contribution is -2.46. The highest BCUT2D eigenvalue weighted by Gasteiger charge is 2.44. The Morgan fingerprint density at radius 3 is 2.39 bits per heavy atom. The van der Waals surface area contributed by atoms with E-state index < -0.39 is 11.9 Å². The molecular weight excluding hydrogens is 290 g/mol. The van der Waals surface area contributed by atoms with Gasteiger partial charge in [-0.3, -0.25) is 9.59 Å². The highest BCUT2D eigenvalue weighted by atomic mass is 16.4. The number of carbonyl (C=O) groups is 2. The van der Waals surface area contributed by atoms with Crippen molar-refractivity contribution in [2.75, 3.05) is 13.1 Å². The zero-order valence-electron chi connectivity index (χ0n) is 14.4. The largest absolute Gasteiger partial charge is 0.481 e. The van der Waals surface area contributed by atoms with E-state index in [-0.39, 0.29) is 17.2 Å². The van der Waals surface area contributed by atoms with Crippen LogP contribution in [0.2, 0.25) is 0 Å². The quantitative estimate of drug-likeness (QED) is 0.791. The van der Waals surface area contributed by atoms with E-state index >= 15 is 0 Å². The van der Waals surface area contributed by atoms with E-state index in [0.717, 1.165) is 45.2 Å². The van der Waals surface area contributed by atoms with Gasteiger partial charge in [-0.25, -0.2) is 0 Å². The first-order valence-electron chi connectivity index (χ1n) is 9.13. The average Bonchev–Trinajstić information content (AvgIpc) is 2.53. The number of carboxylic acids is 1. The number of hydrogen-bond acceptors (Lipinski definition) is 2. The molecule has 0 radical (unpaired) electrons. The third kappa shape index (κ3) is 3.17. The van der Waals surface area contributed by atoms with Crippen LogP contribution in [0.25, 0.3) is 0 Å². The van der Waals surface area contributed by atoms with Crippen molar-refractivity contribution < 1.29 is 14.7 Å². The van der Waals surface area contributed by atoms with Crippen molar-refractivity contribution >= 4 is 11.9 Å². The molecular formula is C19H29NO3. The highest BCUT2D eigenvalue weighted by Crippen LogP contribution is 2.49. The summed E-state index contributed by atoms with van der Waals surface area (Å²) in [5.41, 5.74) is 2.81. The Hall–Kier alpha value is -1.32. The second-order valence-electron chi connectivity index (χ2n) is 8.16. The van der Waals surface area contributed by atoms with Crippen LogP contribution in [0.1, 0.15) is 65.2 Å². The summed E-state index contributed by atoms with van der Waals surface area (Å²) >= 11 is 0. The Balaban J connectivity index is 1.86. The molecule has 0 saturated carbocycles. The zero-order chi connectivity index (χ0) is 16.6. The first kappa shape index (κ1) is 16.5. The average molecular weight is 319 g/mol. The van der Waals surface area contributed by atoms with E-state index in [2.05, 4.69) is 13.8 Å². The highest BCUT2D eigenvalue weighted by molar-refractivity contribution is 5.86. The molecule has 3 aliphatic rings. The number of aliphatic carboxylic acids is 1. The number of allylic oxidation sites excluding steroid dienone is 2. The van der Waals surface area contributed by atoms with E-state index in [9.17, 15) is 14.7 Å². The van der Waals surface area contributed by atoms with Crippen molar-refractivity contribution in [3.05, 3.63) is 11.1 Å². The number of nitrogens with zero attached hydrogens (tertiary/aromatic N) is 1. The second kappa shape index (κ2) is 6.29. The number of carbonyl (C=O) groups excluding carboxylic acids is 1. The number of rotatable bonds is 2. The lowest BCUT2D eigenvalue weighted by molar-refractivity contribution is -0.151. The molecule has 0 aromatic rings. The van der Waals surface area contributed by atoms with Crippen LogP contribution in [-0.2, 0) is 9.59 Å². The molecule has 1 fully saturated rings. The number of carboxylic acid groups (broad SMARTS) is 1. The molecule has 4 heteroatoms. The van der Waals surface area contributed by atoms with Crippen LogP contribution in [0.15, 0.2) is 11.1 Å². The molecule has 0 aromatic heterocycles. The van der Waals surface area contributed by atoms with Gasteiger partial charge in [-0.15, -0.1) is 0 Å². The van der Waals surface area contributed by atoms with Crippen molar-refractivity contribution in [1.29, 1.82) is 0 Å². The molecule has 2 aliphatic carbocycles. The summed E-state index contributed by atoms with van der Waals surface area (Å²) in [7, 11) is 0. The maximum absolute atomic E-state index is 12.9. The Kier molecular flexibility index (Phi) is 4.52. The predicted octanol–water partition coefficient (Wildman–Crippen LogP) is 3.62. The molecule has 128 valence electrons. The first-order valence-corrected chi connectivity index (χ1v) is 9.13. The monoisotopic (exact) mass is 319 g/mol. The van der Waals surface area contributed by atoms with Gasteiger partial charge in [-0.05, 0) is 56.8 Å². The van der Waals surface area contributed by atoms with Crippen molar-refractivity contribution in [3.63, 3.8) is 0 Å². The van der Waals surface area contributed by atoms with Gasteiger partial charge >= 0.3 is 5.97 Å². The smallest absolute Gasteiger partial charge is 0.307 e. The van der Waals surface area contributed by atoms with E-state index in [0.29, 0.717) is 12.8 Å². The summed E-state index contributed by atoms with van der Waals surface area (Å²) < 4.78 is 0. The summed E-state index contributed by atoms with van der Waals surface area (Å²) in [6.45, 7) is 6.07. The minimum Gasteiger partial charge on any atom is -0.481 e. The lowest BCUT2D eigenvalue weighted by Gasteiger charge is -2.43. The van der Waals surface area contributed by atoms with Gasteiger partial charge in [-0.1, -0.05) is 25.0 Å². The molecule has 1 saturated heterocycles. The zero-order valence-corrected chi connectivity index (χ0v) is 14.4. The van der Waals surface area contributed by atoms with Crippen LogP contribution >= 0.6 is 0 Å². The number of likely N-dealkylation sites (tertiary alicyclic amines) is 1. The van der Waals surface area contributed by atoms with Gasteiger partial charge in [0.05, 0.1) is 11.8 Å². The minimum atomic E-state index is -0.798. The van der Waals surface area contributed by atoms with E-state index in [1.165, 1.54) is 17.6 Å². The molecule has 2 atom stereocenters. The SMILES string of the molecule is CC1(C)CCCC2=C1C[C@H](C(=O)O)[C@@H](C(=O)N1CCCCC1)C2. The van der Waals surface area contributed by atoms with E-state index in [1.807, 2.05) is 4.90 Å². The molecule has 1 N–H and O–H groups in total. The number of hydrogen-bond donors (Lipinski definition) is 1. The Bertz CT molecular complexity index is 529. The maximum atomic E-state index is 12.9. The molecule has 1 heterocycles. The van der Waals surface area contributed by atoms with Crippen molar-refractivity contribution in [3.8, 4) is 0 Å². The lowest BCUT2D eigenvalue weighted by atomic mass is 9.63. The Morgan fingerprint density at radius 2 is 1.74 bits per heavy atom.